The largest absolute Gasteiger partial charge is 0.484 e. The van der Waals surface area contributed by atoms with E-state index >= 15 is 0 Å². The second-order valence-corrected chi connectivity index (χ2v) is 6.10. The highest BCUT2D eigenvalue weighted by Crippen LogP contribution is 2.28. The van der Waals surface area contributed by atoms with E-state index in [-0.39, 0.29) is 6.10 Å². The van der Waals surface area contributed by atoms with E-state index in [2.05, 4.69) is 11.0 Å². The minimum absolute atomic E-state index is 0.175. The van der Waals surface area contributed by atoms with Crippen molar-refractivity contribution < 1.29 is 9.47 Å². The number of halogens is 1. The molecule has 0 radical (unpaired) electrons. The van der Waals surface area contributed by atoms with Gasteiger partial charge in [-0.2, -0.15) is 0 Å². The van der Waals surface area contributed by atoms with Gasteiger partial charge in [-0.05, 0) is 63.0 Å². The summed E-state index contributed by atoms with van der Waals surface area (Å²) in [6, 6.07) is 6.16. The predicted octanol–water partition coefficient (Wildman–Crippen LogP) is 3.15. The molecule has 3 rings (SSSR count). The lowest BCUT2D eigenvalue weighted by molar-refractivity contribution is -0.0796. The summed E-state index contributed by atoms with van der Waals surface area (Å²) in [5, 5.41) is 0.718. The summed E-state index contributed by atoms with van der Waals surface area (Å²) in [5.41, 5.74) is 1.30. The van der Waals surface area contributed by atoms with Crippen molar-refractivity contribution in [2.45, 2.75) is 31.8 Å². The predicted molar refractivity (Wildman–Crippen MR) is 80.7 cm³/mol. The Morgan fingerprint density at radius 1 is 1.25 bits per heavy atom. The molecule has 0 aromatic heterocycles. The Kier molecular flexibility index (Phi) is 4.81. The van der Waals surface area contributed by atoms with Gasteiger partial charge < -0.3 is 14.4 Å². The fourth-order valence-corrected chi connectivity index (χ4v) is 3.02. The van der Waals surface area contributed by atoms with Crippen LogP contribution in [0.25, 0.3) is 0 Å². The molecule has 1 aromatic carbocycles. The van der Waals surface area contributed by atoms with Crippen LogP contribution >= 0.6 is 11.6 Å². The number of hydrogen-bond acceptors (Lipinski definition) is 3. The molecule has 0 bridgehead atoms. The van der Waals surface area contributed by atoms with Gasteiger partial charge in [0.1, 0.15) is 11.9 Å². The lowest BCUT2D eigenvalue weighted by atomic mass is 10.1. The fourth-order valence-electron chi connectivity index (χ4n) is 2.77. The number of hydrogen-bond donors (Lipinski definition) is 0. The summed E-state index contributed by atoms with van der Waals surface area (Å²) in [7, 11) is 0. The van der Waals surface area contributed by atoms with E-state index in [1.165, 1.54) is 44.5 Å². The first kappa shape index (κ1) is 14.2. The average Bonchev–Trinajstić information content (AvgIpc) is 2.89. The number of ether oxygens (including phenoxy) is 2. The van der Waals surface area contributed by atoms with Gasteiger partial charge in [0.25, 0.3) is 0 Å². The van der Waals surface area contributed by atoms with E-state index < -0.39 is 0 Å². The monoisotopic (exact) mass is 295 g/mol. The van der Waals surface area contributed by atoms with Crippen LogP contribution < -0.4 is 4.74 Å². The lowest BCUT2D eigenvalue weighted by Gasteiger charge is -2.27. The number of likely N-dealkylation sites (tertiary alicyclic amines) is 1. The normalized spacial score (nSPS) is 20.1. The quantitative estimate of drug-likeness (QED) is 0.805. The molecule has 0 saturated carbocycles. The number of aryl methyl sites for hydroxylation is 1. The molecule has 2 heterocycles. The molecule has 2 aliphatic rings. The molecule has 0 amide bonds. The summed E-state index contributed by atoms with van der Waals surface area (Å²) in [6.45, 7) is 5.10. The van der Waals surface area contributed by atoms with Crippen LogP contribution in [0.2, 0.25) is 5.02 Å². The molecule has 110 valence electrons. The molecule has 0 unspecified atom stereocenters. The van der Waals surface area contributed by atoms with Crippen molar-refractivity contribution in [3.8, 4) is 5.75 Å². The first-order valence-corrected chi connectivity index (χ1v) is 7.94. The van der Waals surface area contributed by atoms with Crippen molar-refractivity contribution in [3.05, 3.63) is 28.8 Å². The van der Waals surface area contributed by atoms with E-state index in [4.69, 9.17) is 21.1 Å². The van der Waals surface area contributed by atoms with E-state index in [1.807, 2.05) is 12.1 Å². The molecule has 2 saturated heterocycles. The van der Waals surface area contributed by atoms with Gasteiger partial charge in [0.2, 0.25) is 0 Å². The highest BCUT2D eigenvalue weighted by molar-refractivity contribution is 6.32. The molecule has 0 spiro atoms. The standard InChI is InChI=1S/C16H22ClNO2/c17-15-10-13(4-3-9-18-7-1-2-8-18)5-6-16(15)20-14-11-19-12-14/h5-6,10,14H,1-4,7-9,11-12H2. The maximum Gasteiger partial charge on any atom is 0.145 e. The Labute approximate surface area is 125 Å². The number of benzene rings is 1. The van der Waals surface area contributed by atoms with Gasteiger partial charge >= 0.3 is 0 Å². The maximum absolute atomic E-state index is 6.28. The maximum atomic E-state index is 6.28. The Morgan fingerprint density at radius 2 is 2.05 bits per heavy atom. The van der Waals surface area contributed by atoms with Gasteiger partial charge in [0, 0.05) is 0 Å². The van der Waals surface area contributed by atoms with Gasteiger partial charge in [-0.25, -0.2) is 0 Å². The lowest BCUT2D eigenvalue weighted by Crippen LogP contribution is -2.38. The third-order valence-corrected chi connectivity index (χ3v) is 4.33. The topological polar surface area (TPSA) is 21.7 Å². The zero-order valence-electron chi connectivity index (χ0n) is 11.8. The van der Waals surface area contributed by atoms with Gasteiger partial charge in [-0.3, -0.25) is 0 Å². The van der Waals surface area contributed by atoms with E-state index in [1.54, 1.807) is 0 Å². The fraction of sp³-hybridized carbons (Fsp3) is 0.625. The minimum atomic E-state index is 0.175. The van der Waals surface area contributed by atoms with Crippen molar-refractivity contribution in [1.82, 2.24) is 4.90 Å². The molecule has 4 heteroatoms. The van der Waals surface area contributed by atoms with Crippen LogP contribution in [0.3, 0.4) is 0 Å². The first-order valence-electron chi connectivity index (χ1n) is 7.56. The molecule has 0 aliphatic carbocycles. The Morgan fingerprint density at radius 3 is 2.70 bits per heavy atom. The van der Waals surface area contributed by atoms with Crippen molar-refractivity contribution in [1.29, 1.82) is 0 Å². The zero-order chi connectivity index (χ0) is 13.8. The van der Waals surface area contributed by atoms with Crippen LogP contribution in [0.15, 0.2) is 18.2 Å². The molecule has 0 N–H and O–H groups in total. The van der Waals surface area contributed by atoms with Crippen molar-refractivity contribution in [2.24, 2.45) is 0 Å². The second kappa shape index (κ2) is 6.79. The Hall–Kier alpha value is -0.770. The van der Waals surface area contributed by atoms with Crippen LogP contribution in [-0.2, 0) is 11.2 Å². The molecule has 20 heavy (non-hydrogen) atoms. The number of rotatable bonds is 6. The minimum Gasteiger partial charge on any atom is -0.484 e. The van der Waals surface area contributed by atoms with Crippen molar-refractivity contribution in [3.63, 3.8) is 0 Å². The van der Waals surface area contributed by atoms with Gasteiger partial charge in [0.05, 0.1) is 18.2 Å². The Balaban J connectivity index is 1.47. The molecule has 2 aliphatic heterocycles. The molecule has 2 fully saturated rings. The third-order valence-electron chi connectivity index (χ3n) is 4.04. The summed E-state index contributed by atoms with van der Waals surface area (Å²) in [4.78, 5) is 2.55. The highest BCUT2D eigenvalue weighted by atomic mass is 35.5. The molecule has 1 aromatic rings. The summed E-state index contributed by atoms with van der Waals surface area (Å²) in [6.07, 6.45) is 5.19. The summed E-state index contributed by atoms with van der Waals surface area (Å²) >= 11 is 6.28. The molecule has 3 nitrogen and oxygen atoms in total. The van der Waals surface area contributed by atoms with Crippen LogP contribution in [0.1, 0.15) is 24.8 Å². The van der Waals surface area contributed by atoms with Crippen LogP contribution in [0, 0.1) is 0 Å². The van der Waals surface area contributed by atoms with Gasteiger partial charge in [0.15, 0.2) is 0 Å². The average molecular weight is 296 g/mol. The summed E-state index contributed by atoms with van der Waals surface area (Å²) < 4.78 is 10.9. The highest BCUT2D eigenvalue weighted by Gasteiger charge is 2.21. The van der Waals surface area contributed by atoms with Crippen molar-refractivity contribution in [2.75, 3.05) is 32.8 Å². The first-order chi connectivity index (χ1) is 9.81. The SMILES string of the molecule is Clc1cc(CCCN2CCCC2)ccc1OC1COC1. The van der Waals surface area contributed by atoms with Gasteiger partial charge in [-0.15, -0.1) is 0 Å². The van der Waals surface area contributed by atoms with Crippen molar-refractivity contribution >= 4 is 11.6 Å². The van der Waals surface area contributed by atoms with Gasteiger partial charge in [-0.1, -0.05) is 17.7 Å². The molecule has 0 atom stereocenters. The zero-order valence-corrected chi connectivity index (χ0v) is 12.6. The van der Waals surface area contributed by atoms with E-state index in [0.29, 0.717) is 13.2 Å². The summed E-state index contributed by atoms with van der Waals surface area (Å²) in [5.74, 6) is 0.781. The Bertz CT molecular complexity index is 442. The molecular formula is C16H22ClNO2. The number of nitrogens with zero attached hydrogens (tertiary/aromatic N) is 1. The van der Waals surface area contributed by atoms with Crippen LogP contribution in [0.4, 0.5) is 0 Å². The van der Waals surface area contributed by atoms with Crippen LogP contribution in [-0.4, -0.2) is 43.9 Å². The third kappa shape index (κ3) is 3.66. The van der Waals surface area contributed by atoms with E-state index in [0.717, 1.165) is 17.2 Å². The molecular weight excluding hydrogens is 274 g/mol. The van der Waals surface area contributed by atoms with E-state index in [9.17, 15) is 0 Å². The second-order valence-electron chi connectivity index (χ2n) is 5.69. The van der Waals surface area contributed by atoms with Crippen LogP contribution in [0.5, 0.6) is 5.75 Å². The smallest absolute Gasteiger partial charge is 0.145 e.